The average Bonchev–Trinajstić information content (AvgIpc) is 2.65. The Balaban J connectivity index is 2.14. The van der Waals surface area contributed by atoms with Crippen molar-refractivity contribution in [1.82, 2.24) is 9.78 Å². The fourth-order valence-corrected chi connectivity index (χ4v) is 1.66. The second-order valence-electron chi connectivity index (χ2n) is 4.63. The monoisotopic (exact) mass is 254 g/mol. The smallest absolute Gasteiger partial charge is 0.220 e. The summed E-state index contributed by atoms with van der Waals surface area (Å²) in [5.41, 5.74) is 0.732. The van der Waals surface area contributed by atoms with E-state index in [4.69, 9.17) is 14.2 Å². The van der Waals surface area contributed by atoms with Crippen molar-refractivity contribution in [1.29, 1.82) is 0 Å². The highest BCUT2D eigenvalue weighted by atomic mass is 16.9. The van der Waals surface area contributed by atoms with E-state index in [0.29, 0.717) is 18.4 Å². The Hall–Kier alpha value is -1.40. The molecule has 1 fully saturated rings. The Labute approximate surface area is 106 Å². The Morgan fingerprint density at radius 3 is 2.83 bits per heavy atom. The highest BCUT2D eigenvalue weighted by Gasteiger charge is 2.33. The fourth-order valence-electron chi connectivity index (χ4n) is 1.66. The molecule has 1 saturated heterocycles. The number of aromatic nitrogens is 2. The first kappa shape index (κ1) is 13.0. The van der Waals surface area contributed by atoms with E-state index in [1.54, 1.807) is 6.20 Å². The van der Waals surface area contributed by atoms with Gasteiger partial charge in [0.1, 0.15) is 12.8 Å². The largest absolute Gasteiger partial charge is 0.477 e. The van der Waals surface area contributed by atoms with Crippen molar-refractivity contribution in [3.8, 4) is 5.88 Å². The molecule has 0 unspecified atom stereocenters. The van der Waals surface area contributed by atoms with Crippen LogP contribution in [0.5, 0.6) is 5.88 Å². The predicted octanol–water partition coefficient (Wildman–Crippen LogP) is 1.51. The lowest BCUT2D eigenvalue weighted by Crippen LogP contribution is -2.31. The molecule has 1 aliphatic heterocycles. The number of ether oxygens (including phenoxy) is 3. The van der Waals surface area contributed by atoms with E-state index in [0.717, 1.165) is 11.8 Å². The van der Waals surface area contributed by atoms with Gasteiger partial charge in [-0.3, -0.25) is 0 Å². The topological polar surface area (TPSA) is 62.6 Å². The number of carbonyl (C=O) groups excluding carboxylic acids is 1. The molecule has 0 atom stereocenters. The second-order valence-corrected chi connectivity index (χ2v) is 4.63. The van der Waals surface area contributed by atoms with Crippen molar-refractivity contribution in [2.75, 3.05) is 6.61 Å². The van der Waals surface area contributed by atoms with Crippen LogP contribution in [-0.4, -0.2) is 29.0 Å². The van der Waals surface area contributed by atoms with Crippen molar-refractivity contribution in [2.45, 2.75) is 39.9 Å². The summed E-state index contributed by atoms with van der Waals surface area (Å²) in [6.45, 7) is 6.65. The second kappa shape index (κ2) is 5.49. The van der Waals surface area contributed by atoms with Crippen LogP contribution in [0.15, 0.2) is 6.20 Å². The molecule has 2 rings (SSSR count). The molecule has 0 bridgehead atoms. The Morgan fingerprint density at radius 2 is 2.28 bits per heavy atom. The SMILES string of the molecule is CC(C)COc1c(C2OC(C)O2)cnn1CC=O. The number of carbonyl (C=O) groups is 1. The highest BCUT2D eigenvalue weighted by molar-refractivity contribution is 5.49. The van der Waals surface area contributed by atoms with Gasteiger partial charge in [0.25, 0.3) is 0 Å². The van der Waals surface area contributed by atoms with Gasteiger partial charge in [-0.15, -0.1) is 0 Å². The molecular weight excluding hydrogens is 236 g/mol. The van der Waals surface area contributed by atoms with E-state index in [1.807, 2.05) is 6.92 Å². The maximum Gasteiger partial charge on any atom is 0.220 e. The van der Waals surface area contributed by atoms with Crippen LogP contribution in [0, 0.1) is 5.92 Å². The summed E-state index contributed by atoms with van der Waals surface area (Å²) >= 11 is 0. The fraction of sp³-hybridized carbons (Fsp3) is 0.667. The maximum atomic E-state index is 10.6. The van der Waals surface area contributed by atoms with Gasteiger partial charge in [-0.05, 0) is 12.8 Å². The van der Waals surface area contributed by atoms with Gasteiger partial charge in [0.2, 0.25) is 5.88 Å². The lowest BCUT2D eigenvalue weighted by molar-refractivity contribution is -0.382. The summed E-state index contributed by atoms with van der Waals surface area (Å²) in [6.07, 6.45) is 1.75. The molecule has 0 spiro atoms. The standard InChI is InChI=1S/C12H18N2O4/c1-8(2)7-16-11-10(12-17-9(3)18-12)6-13-14(11)4-5-15/h5-6,8-9,12H,4,7H2,1-3H3. The molecule has 18 heavy (non-hydrogen) atoms. The Bertz CT molecular complexity index is 410. The van der Waals surface area contributed by atoms with Crippen LogP contribution in [0.3, 0.4) is 0 Å². The van der Waals surface area contributed by atoms with Crippen LogP contribution in [0.4, 0.5) is 0 Å². The van der Waals surface area contributed by atoms with Crippen LogP contribution in [-0.2, 0) is 20.8 Å². The molecule has 2 heterocycles. The maximum absolute atomic E-state index is 10.6. The zero-order chi connectivity index (χ0) is 13.1. The summed E-state index contributed by atoms with van der Waals surface area (Å²) in [6, 6.07) is 0. The zero-order valence-corrected chi connectivity index (χ0v) is 10.8. The molecule has 0 radical (unpaired) electrons. The first-order chi connectivity index (χ1) is 8.61. The van der Waals surface area contributed by atoms with E-state index in [9.17, 15) is 4.79 Å². The number of nitrogens with zero attached hydrogens (tertiary/aromatic N) is 2. The minimum Gasteiger partial charge on any atom is -0.477 e. The summed E-state index contributed by atoms with van der Waals surface area (Å²) in [4.78, 5) is 10.6. The van der Waals surface area contributed by atoms with E-state index in [-0.39, 0.29) is 12.8 Å². The van der Waals surface area contributed by atoms with Crippen molar-refractivity contribution in [3.63, 3.8) is 0 Å². The van der Waals surface area contributed by atoms with Gasteiger partial charge in [-0.1, -0.05) is 13.8 Å². The van der Waals surface area contributed by atoms with E-state index < -0.39 is 6.29 Å². The third-order valence-electron chi connectivity index (χ3n) is 2.50. The van der Waals surface area contributed by atoms with Crippen LogP contribution in [0.25, 0.3) is 0 Å². The molecule has 0 saturated carbocycles. The quantitative estimate of drug-likeness (QED) is 0.720. The third-order valence-corrected chi connectivity index (χ3v) is 2.50. The molecule has 6 nitrogen and oxygen atoms in total. The van der Waals surface area contributed by atoms with E-state index >= 15 is 0 Å². The lowest BCUT2D eigenvalue weighted by Gasteiger charge is -2.33. The summed E-state index contributed by atoms with van der Waals surface area (Å²) < 4.78 is 18.1. The number of rotatable bonds is 6. The summed E-state index contributed by atoms with van der Waals surface area (Å²) in [5, 5.41) is 4.11. The molecule has 1 aromatic rings. The van der Waals surface area contributed by atoms with Gasteiger partial charge >= 0.3 is 0 Å². The molecule has 100 valence electrons. The van der Waals surface area contributed by atoms with Crippen LogP contribution < -0.4 is 4.74 Å². The number of hydrogen-bond acceptors (Lipinski definition) is 5. The van der Waals surface area contributed by atoms with Crippen LogP contribution in [0.1, 0.15) is 32.6 Å². The molecule has 0 amide bonds. The molecule has 0 aromatic carbocycles. The van der Waals surface area contributed by atoms with Crippen LogP contribution in [0.2, 0.25) is 0 Å². The Kier molecular flexibility index (Phi) is 3.98. The van der Waals surface area contributed by atoms with Gasteiger partial charge < -0.3 is 19.0 Å². The van der Waals surface area contributed by atoms with Crippen molar-refractivity contribution < 1.29 is 19.0 Å². The highest BCUT2D eigenvalue weighted by Crippen LogP contribution is 2.36. The van der Waals surface area contributed by atoms with Gasteiger partial charge in [-0.25, -0.2) is 4.68 Å². The molecule has 1 aromatic heterocycles. The van der Waals surface area contributed by atoms with Gasteiger partial charge in [0.05, 0.1) is 18.4 Å². The van der Waals surface area contributed by atoms with Crippen LogP contribution >= 0.6 is 0 Å². The van der Waals surface area contributed by atoms with E-state index in [2.05, 4.69) is 18.9 Å². The number of aldehydes is 1. The van der Waals surface area contributed by atoms with Crippen molar-refractivity contribution >= 4 is 6.29 Å². The van der Waals surface area contributed by atoms with Gasteiger partial charge in [-0.2, -0.15) is 5.10 Å². The first-order valence-corrected chi connectivity index (χ1v) is 6.05. The molecule has 1 aliphatic rings. The molecule has 0 N–H and O–H groups in total. The van der Waals surface area contributed by atoms with Gasteiger partial charge in [0, 0.05) is 0 Å². The molecule has 0 aliphatic carbocycles. The van der Waals surface area contributed by atoms with E-state index in [1.165, 1.54) is 4.68 Å². The summed E-state index contributed by atoms with van der Waals surface area (Å²) in [5.74, 6) is 0.937. The van der Waals surface area contributed by atoms with Gasteiger partial charge in [0.15, 0.2) is 12.6 Å². The normalized spacial score (nSPS) is 22.9. The first-order valence-electron chi connectivity index (χ1n) is 6.05. The minimum absolute atomic E-state index is 0.162. The minimum atomic E-state index is -0.442. The van der Waals surface area contributed by atoms with Crippen molar-refractivity contribution in [3.05, 3.63) is 11.8 Å². The number of hydrogen-bond donors (Lipinski definition) is 0. The average molecular weight is 254 g/mol. The van der Waals surface area contributed by atoms with Crippen molar-refractivity contribution in [2.24, 2.45) is 5.92 Å². The predicted molar refractivity (Wildman–Crippen MR) is 63.0 cm³/mol. The summed E-state index contributed by atoms with van der Waals surface area (Å²) in [7, 11) is 0. The molecule has 6 heteroatoms. The Morgan fingerprint density at radius 1 is 1.56 bits per heavy atom. The third kappa shape index (κ3) is 2.70. The molecular formula is C12H18N2O4. The lowest BCUT2D eigenvalue weighted by atomic mass is 10.2. The zero-order valence-electron chi connectivity index (χ0n) is 10.8.